The molecule has 0 fully saturated rings. The van der Waals surface area contributed by atoms with Gasteiger partial charge in [-0.25, -0.2) is 0 Å². The maximum atomic E-state index is 12.3. The third-order valence-corrected chi connectivity index (χ3v) is 3.74. The van der Waals surface area contributed by atoms with Gasteiger partial charge in [0.15, 0.2) is 0 Å². The number of rotatable bonds is 3. The summed E-state index contributed by atoms with van der Waals surface area (Å²) < 4.78 is 0.754. The van der Waals surface area contributed by atoms with Crippen LogP contribution in [0.4, 0.5) is 11.4 Å². The van der Waals surface area contributed by atoms with Gasteiger partial charge in [-0.1, -0.05) is 12.1 Å². The van der Waals surface area contributed by atoms with Crippen LogP contribution in [-0.2, 0) is 0 Å². The van der Waals surface area contributed by atoms with Crippen molar-refractivity contribution in [3.8, 4) is 0 Å². The normalized spacial score (nSPS) is 10.2. The highest BCUT2D eigenvalue weighted by molar-refractivity contribution is 9.10. The maximum absolute atomic E-state index is 12.3. The van der Waals surface area contributed by atoms with Crippen molar-refractivity contribution in [1.82, 2.24) is 0 Å². The molecular weight excluding hydrogens is 336 g/mol. The molecule has 0 aliphatic heterocycles. The maximum Gasteiger partial charge on any atom is 0.270 e. The number of hydrogen-bond donors (Lipinski definition) is 1. The van der Waals surface area contributed by atoms with E-state index in [1.54, 1.807) is 13.0 Å². The average molecular weight is 349 g/mol. The topological polar surface area (TPSA) is 72.2 Å². The number of aryl methyl sites for hydroxylation is 2. The second-order valence-corrected chi connectivity index (χ2v) is 5.55. The molecule has 2 rings (SSSR count). The molecule has 0 spiro atoms. The number of hydrogen-bond acceptors (Lipinski definition) is 3. The van der Waals surface area contributed by atoms with Gasteiger partial charge in [0.25, 0.3) is 11.6 Å². The van der Waals surface area contributed by atoms with Crippen LogP contribution in [0.2, 0.25) is 0 Å². The highest BCUT2D eigenvalue weighted by Crippen LogP contribution is 2.25. The summed E-state index contributed by atoms with van der Waals surface area (Å²) in [6, 6.07) is 9.82. The lowest BCUT2D eigenvalue weighted by Crippen LogP contribution is -2.14. The van der Waals surface area contributed by atoms with E-state index >= 15 is 0 Å². The number of nitro benzene ring substituents is 1. The number of nitro groups is 1. The molecule has 2 aromatic rings. The number of nitrogens with zero attached hydrogens (tertiary/aromatic N) is 1. The monoisotopic (exact) mass is 348 g/mol. The Bertz CT molecular complexity index is 729. The molecule has 0 unspecified atom stereocenters. The van der Waals surface area contributed by atoms with Crippen molar-refractivity contribution in [2.75, 3.05) is 5.32 Å². The lowest BCUT2D eigenvalue weighted by molar-refractivity contribution is -0.384. The van der Waals surface area contributed by atoms with E-state index in [0.29, 0.717) is 11.3 Å². The Morgan fingerprint density at radius 3 is 2.57 bits per heavy atom. The van der Waals surface area contributed by atoms with Crippen LogP contribution >= 0.6 is 15.9 Å². The van der Waals surface area contributed by atoms with Crippen LogP contribution in [-0.4, -0.2) is 10.8 Å². The fraction of sp³-hybridized carbons (Fsp3) is 0.133. The Morgan fingerprint density at radius 1 is 1.19 bits per heavy atom. The summed E-state index contributed by atoms with van der Waals surface area (Å²) in [6.07, 6.45) is 0. The molecular formula is C15H13BrN2O3. The minimum absolute atomic E-state index is 0.103. The van der Waals surface area contributed by atoms with E-state index in [2.05, 4.69) is 21.2 Å². The minimum atomic E-state index is -0.515. The van der Waals surface area contributed by atoms with Crippen LogP contribution in [0.1, 0.15) is 21.5 Å². The van der Waals surface area contributed by atoms with E-state index in [-0.39, 0.29) is 17.2 Å². The number of non-ortho nitro benzene ring substituents is 1. The average Bonchev–Trinajstić information content (AvgIpc) is 2.43. The first-order valence-electron chi connectivity index (χ1n) is 6.21. The highest BCUT2D eigenvalue weighted by atomic mass is 79.9. The van der Waals surface area contributed by atoms with Crippen LogP contribution in [0, 0.1) is 24.0 Å². The quantitative estimate of drug-likeness (QED) is 0.666. The van der Waals surface area contributed by atoms with Gasteiger partial charge in [-0.3, -0.25) is 14.9 Å². The zero-order chi connectivity index (χ0) is 15.6. The lowest BCUT2D eigenvalue weighted by atomic mass is 10.1. The Hall–Kier alpha value is -2.21. The van der Waals surface area contributed by atoms with Crippen molar-refractivity contribution in [3.63, 3.8) is 0 Å². The van der Waals surface area contributed by atoms with Gasteiger partial charge in [0.2, 0.25) is 0 Å². The van der Waals surface area contributed by atoms with Gasteiger partial charge in [0.05, 0.1) is 10.6 Å². The van der Waals surface area contributed by atoms with E-state index in [4.69, 9.17) is 0 Å². The smallest absolute Gasteiger partial charge is 0.270 e. The standard InChI is InChI=1S/C15H13BrN2O3/c1-9-3-6-13(16)14(7-9)17-15(19)12-8-11(18(20)21)5-4-10(12)2/h3-8H,1-2H3,(H,17,19). The van der Waals surface area contributed by atoms with Crippen LogP contribution in [0.5, 0.6) is 0 Å². The Balaban J connectivity index is 2.34. The molecule has 0 heterocycles. The summed E-state index contributed by atoms with van der Waals surface area (Å²) in [5.74, 6) is -0.373. The van der Waals surface area contributed by atoms with Crippen LogP contribution in [0.25, 0.3) is 0 Å². The van der Waals surface area contributed by atoms with E-state index in [1.165, 1.54) is 12.1 Å². The molecule has 6 heteroatoms. The van der Waals surface area contributed by atoms with Crippen molar-refractivity contribution in [2.45, 2.75) is 13.8 Å². The molecule has 1 amide bonds. The fourth-order valence-electron chi connectivity index (χ4n) is 1.89. The first kappa shape index (κ1) is 15.2. The summed E-state index contributed by atoms with van der Waals surface area (Å²) in [5, 5.41) is 13.6. The van der Waals surface area contributed by atoms with Crippen molar-refractivity contribution in [3.05, 3.63) is 67.7 Å². The molecule has 0 aliphatic carbocycles. The molecule has 2 aromatic carbocycles. The van der Waals surface area contributed by atoms with Crippen molar-refractivity contribution >= 4 is 33.2 Å². The Kier molecular flexibility index (Phi) is 4.37. The summed E-state index contributed by atoms with van der Waals surface area (Å²) in [7, 11) is 0. The number of amides is 1. The van der Waals surface area contributed by atoms with E-state index in [0.717, 1.165) is 10.0 Å². The molecule has 0 radical (unpaired) electrons. The SMILES string of the molecule is Cc1ccc(Br)c(NC(=O)c2cc([N+](=O)[O-])ccc2C)c1. The molecule has 0 atom stereocenters. The molecule has 5 nitrogen and oxygen atoms in total. The Morgan fingerprint density at radius 2 is 1.90 bits per heavy atom. The van der Waals surface area contributed by atoms with Crippen LogP contribution in [0.3, 0.4) is 0 Å². The fourth-order valence-corrected chi connectivity index (χ4v) is 2.24. The number of benzene rings is 2. The third-order valence-electron chi connectivity index (χ3n) is 3.05. The lowest BCUT2D eigenvalue weighted by Gasteiger charge is -2.10. The van der Waals surface area contributed by atoms with Gasteiger partial charge in [-0.05, 0) is 53.0 Å². The number of anilines is 1. The summed E-state index contributed by atoms with van der Waals surface area (Å²) >= 11 is 3.36. The van der Waals surface area contributed by atoms with Crippen molar-refractivity contribution in [2.24, 2.45) is 0 Å². The molecule has 0 aromatic heterocycles. The predicted molar refractivity (Wildman–Crippen MR) is 84.7 cm³/mol. The second kappa shape index (κ2) is 6.05. The third kappa shape index (κ3) is 3.46. The summed E-state index contributed by atoms with van der Waals surface area (Å²) in [6.45, 7) is 3.66. The van der Waals surface area contributed by atoms with Crippen molar-refractivity contribution in [1.29, 1.82) is 0 Å². The predicted octanol–water partition coefficient (Wildman–Crippen LogP) is 4.23. The largest absolute Gasteiger partial charge is 0.321 e. The zero-order valence-electron chi connectivity index (χ0n) is 11.5. The minimum Gasteiger partial charge on any atom is -0.321 e. The van der Waals surface area contributed by atoms with Gasteiger partial charge >= 0.3 is 0 Å². The summed E-state index contributed by atoms with van der Waals surface area (Å²) in [4.78, 5) is 22.6. The molecule has 21 heavy (non-hydrogen) atoms. The van der Waals surface area contributed by atoms with Crippen molar-refractivity contribution < 1.29 is 9.72 Å². The number of nitrogens with one attached hydrogen (secondary N) is 1. The first-order valence-corrected chi connectivity index (χ1v) is 7.00. The second-order valence-electron chi connectivity index (χ2n) is 4.69. The highest BCUT2D eigenvalue weighted by Gasteiger charge is 2.15. The summed E-state index contributed by atoms with van der Waals surface area (Å²) in [5.41, 5.74) is 2.50. The first-order chi connectivity index (χ1) is 9.88. The molecule has 1 N–H and O–H groups in total. The molecule has 0 bridgehead atoms. The van der Waals surface area contributed by atoms with E-state index < -0.39 is 4.92 Å². The molecule has 0 saturated heterocycles. The van der Waals surface area contributed by atoms with Gasteiger partial charge in [-0.2, -0.15) is 0 Å². The van der Waals surface area contributed by atoms with Gasteiger partial charge < -0.3 is 5.32 Å². The van der Waals surface area contributed by atoms with Gasteiger partial charge in [-0.15, -0.1) is 0 Å². The van der Waals surface area contributed by atoms with E-state index in [9.17, 15) is 14.9 Å². The van der Waals surface area contributed by atoms with E-state index in [1.807, 2.05) is 25.1 Å². The van der Waals surface area contributed by atoms with Gasteiger partial charge in [0, 0.05) is 22.2 Å². The molecule has 0 saturated carbocycles. The zero-order valence-corrected chi connectivity index (χ0v) is 13.1. The number of carbonyl (C=O) groups excluding carboxylic acids is 1. The van der Waals surface area contributed by atoms with Crippen LogP contribution < -0.4 is 5.32 Å². The van der Waals surface area contributed by atoms with Gasteiger partial charge in [0.1, 0.15) is 0 Å². The molecule has 108 valence electrons. The number of halogens is 1. The molecule has 0 aliphatic rings. The Labute approximate surface area is 130 Å². The number of carbonyl (C=O) groups is 1. The van der Waals surface area contributed by atoms with Crippen LogP contribution in [0.15, 0.2) is 40.9 Å².